The van der Waals surface area contributed by atoms with Crippen LogP contribution in [-0.4, -0.2) is 53.5 Å². The third-order valence-electron chi connectivity index (χ3n) is 5.17. The number of piperazine rings is 1. The molecule has 1 fully saturated rings. The van der Waals surface area contributed by atoms with Gasteiger partial charge in [-0.3, -0.25) is 9.69 Å². The van der Waals surface area contributed by atoms with Crippen molar-refractivity contribution in [2.24, 2.45) is 0 Å². The van der Waals surface area contributed by atoms with Gasteiger partial charge in [-0.25, -0.2) is 4.98 Å². The molecule has 1 aliphatic heterocycles. The second-order valence-corrected chi connectivity index (χ2v) is 8.27. The van der Waals surface area contributed by atoms with E-state index >= 15 is 0 Å². The topological polar surface area (TPSA) is 45.7 Å². The SMILES string of the molecule is Cc1ccccc1CN1CCN(C(=O)COCc2nc3ccccc3s2)CC1. The van der Waals surface area contributed by atoms with E-state index in [1.807, 2.05) is 23.1 Å². The van der Waals surface area contributed by atoms with E-state index in [9.17, 15) is 4.79 Å². The molecule has 1 amide bonds. The number of carbonyl (C=O) groups is 1. The molecule has 2 heterocycles. The number of aromatic nitrogens is 1. The molecule has 28 heavy (non-hydrogen) atoms. The zero-order valence-corrected chi connectivity index (χ0v) is 17.0. The molecule has 0 unspecified atom stereocenters. The lowest BCUT2D eigenvalue weighted by Gasteiger charge is -2.35. The Balaban J connectivity index is 1.21. The van der Waals surface area contributed by atoms with Gasteiger partial charge in [0.25, 0.3) is 0 Å². The molecule has 1 saturated heterocycles. The molecule has 0 atom stereocenters. The summed E-state index contributed by atoms with van der Waals surface area (Å²) in [5, 5.41) is 0.914. The van der Waals surface area contributed by atoms with Gasteiger partial charge in [-0.2, -0.15) is 0 Å². The minimum Gasteiger partial charge on any atom is -0.364 e. The van der Waals surface area contributed by atoms with E-state index < -0.39 is 0 Å². The first-order valence-corrected chi connectivity index (χ1v) is 10.5. The van der Waals surface area contributed by atoms with E-state index in [0.29, 0.717) is 6.61 Å². The zero-order valence-electron chi connectivity index (χ0n) is 16.1. The maximum atomic E-state index is 12.4. The van der Waals surface area contributed by atoms with Gasteiger partial charge < -0.3 is 9.64 Å². The zero-order chi connectivity index (χ0) is 19.3. The molecular formula is C22H25N3O2S. The summed E-state index contributed by atoms with van der Waals surface area (Å²) in [6, 6.07) is 16.5. The van der Waals surface area contributed by atoms with Crippen LogP contribution in [0.3, 0.4) is 0 Å². The summed E-state index contributed by atoms with van der Waals surface area (Å²) in [6.45, 7) is 6.92. The van der Waals surface area contributed by atoms with Crippen LogP contribution < -0.4 is 0 Å². The number of benzene rings is 2. The van der Waals surface area contributed by atoms with Crippen LogP contribution in [0.2, 0.25) is 0 Å². The number of amides is 1. The van der Waals surface area contributed by atoms with Crippen LogP contribution >= 0.6 is 11.3 Å². The molecular weight excluding hydrogens is 370 g/mol. The Hall–Kier alpha value is -2.28. The first-order valence-electron chi connectivity index (χ1n) is 9.66. The molecule has 0 N–H and O–H groups in total. The number of carbonyl (C=O) groups excluding carboxylic acids is 1. The molecule has 6 heteroatoms. The van der Waals surface area contributed by atoms with Crippen molar-refractivity contribution in [2.45, 2.75) is 20.1 Å². The normalized spacial score (nSPS) is 15.2. The van der Waals surface area contributed by atoms with E-state index in [1.165, 1.54) is 11.1 Å². The number of fused-ring (bicyclic) bond motifs is 1. The monoisotopic (exact) mass is 395 g/mol. The summed E-state index contributed by atoms with van der Waals surface area (Å²) >= 11 is 1.62. The van der Waals surface area contributed by atoms with Crippen LogP contribution in [0.25, 0.3) is 10.2 Å². The molecule has 2 aromatic carbocycles. The van der Waals surface area contributed by atoms with Gasteiger partial charge in [0.15, 0.2) is 0 Å². The van der Waals surface area contributed by atoms with Crippen LogP contribution in [0.1, 0.15) is 16.1 Å². The molecule has 1 aliphatic rings. The highest BCUT2D eigenvalue weighted by Gasteiger charge is 2.21. The van der Waals surface area contributed by atoms with E-state index in [0.717, 1.165) is 47.9 Å². The minimum atomic E-state index is 0.0663. The maximum Gasteiger partial charge on any atom is 0.248 e. The van der Waals surface area contributed by atoms with Gasteiger partial charge >= 0.3 is 0 Å². The highest BCUT2D eigenvalue weighted by atomic mass is 32.1. The average Bonchev–Trinajstić information content (AvgIpc) is 3.13. The van der Waals surface area contributed by atoms with E-state index in [4.69, 9.17) is 4.74 Å². The van der Waals surface area contributed by atoms with Crippen molar-refractivity contribution < 1.29 is 9.53 Å². The Labute approximate surface area is 169 Å². The van der Waals surface area contributed by atoms with Crippen LogP contribution in [0.15, 0.2) is 48.5 Å². The predicted molar refractivity (Wildman–Crippen MR) is 112 cm³/mol. The highest BCUT2D eigenvalue weighted by molar-refractivity contribution is 7.18. The molecule has 146 valence electrons. The second-order valence-electron chi connectivity index (χ2n) is 7.15. The van der Waals surface area contributed by atoms with E-state index in [1.54, 1.807) is 11.3 Å². The number of hydrogen-bond donors (Lipinski definition) is 0. The Bertz CT molecular complexity index is 915. The number of ether oxygens (including phenoxy) is 1. The van der Waals surface area contributed by atoms with Crippen molar-refractivity contribution in [2.75, 3.05) is 32.8 Å². The molecule has 5 nitrogen and oxygen atoms in total. The summed E-state index contributed by atoms with van der Waals surface area (Å²) in [4.78, 5) is 21.3. The van der Waals surface area contributed by atoms with Crippen molar-refractivity contribution in [1.82, 2.24) is 14.8 Å². The summed E-state index contributed by atoms with van der Waals surface area (Å²) in [5.74, 6) is 0.0663. The average molecular weight is 396 g/mol. The second kappa shape index (κ2) is 8.82. The van der Waals surface area contributed by atoms with Gasteiger partial charge in [0.05, 0.1) is 16.8 Å². The molecule has 0 saturated carbocycles. The largest absolute Gasteiger partial charge is 0.364 e. The van der Waals surface area contributed by atoms with Crippen LogP contribution in [0.5, 0.6) is 0 Å². The molecule has 0 spiro atoms. The summed E-state index contributed by atoms with van der Waals surface area (Å²) in [5.41, 5.74) is 3.67. The third kappa shape index (κ3) is 4.58. The summed E-state index contributed by atoms with van der Waals surface area (Å²) in [7, 11) is 0. The fraction of sp³-hybridized carbons (Fsp3) is 0.364. The van der Waals surface area contributed by atoms with Crippen molar-refractivity contribution in [3.05, 3.63) is 64.7 Å². The molecule has 1 aromatic heterocycles. The van der Waals surface area contributed by atoms with Gasteiger partial charge in [-0.1, -0.05) is 36.4 Å². The Morgan fingerprint density at radius 3 is 2.61 bits per heavy atom. The summed E-state index contributed by atoms with van der Waals surface area (Å²) < 4.78 is 6.80. The molecule has 0 bridgehead atoms. The number of rotatable bonds is 6. The molecule has 4 rings (SSSR count). The smallest absolute Gasteiger partial charge is 0.248 e. The van der Waals surface area contributed by atoms with Crippen LogP contribution in [0, 0.1) is 6.92 Å². The molecule has 0 radical (unpaired) electrons. The number of hydrogen-bond acceptors (Lipinski definition) is 5. The van der Waals surface area contributed by atoms with E-state index in [-0.39, 0.29) is 12.5 Å². The first kappa shape index (κ1) is 19.1. The third-order valence-corrected chi connectivity index (χ3v) is 6.18. The molecule has 3 aromatic rings. The van der Waals surface area contributed by atoms with Gasteiger partial charge in [0.2, 0.25) is 5.91 Å². The van der Waals surface area contributed by atoms with Gasteiger partial charge in [0, 0.05) is 32.7 Å². The predicted octanol–water partition coefficient (Wildman–Crippen LogP) is 3.47. The quantitative estimate of drug-likeness (QED) is 0.641. The lowest BCUT2D eigenvalue weighted by atomic mass is 10.1. The van der Waals surface area contributed by atoms with Gasteiger partial charge in [0.1, 0.15) is 11.6 Å². The van der Waals surface area contributed by atoms with Gasteiger partial charge in [-0.15, -0.1) is 11.3 Å². The molecule has 0 aliphatic carbocycles. The van der Waals surface area contributed by atoms with Crippen molar-refractivity contribution in [1.29, 1.82) is 0 Å². The summed E-state index contributed by atoms with van der Waals surface area (Å²) in [6.07, 6.45) is 0. The van der Waals surface area contributed by atoms with Crippen molar-refractivity contribution >= 4 is 27.5 Å². The maximum absolute atomic E-state index is 12.4. The highest BCUT2D eigenvalue weighted by Crippen LogP contribution is 2.22. The Kier molecular flexibility index (Phi) is 6.00. The number of aryl methyl sites for hydroxylation is 1. The lowest BCUT2D eigenvalue weighted by Crippen LogP contribution is -2.49. The van der Waals surface area contributed by atoms with Crippen molar-refractivity contribution in [3.63, 3.8) is 0 Å². The first-order chi connectivity index (χ1) is 13.7. The fourth-order valence-corrected chi connectivity index (χ4v) is 4.39. The number of thiazole rings is 1. The number of para-hydroxylation sites is 1. The standard InChI is InChI=1S/C22H25N3O2S/c1-17-6-2-3-7-18(17)14-24-10-12-25(13-11-24)22(26)16-27-15-21-23-19-8-4-5-9-20(19)28-21/h2-9H,10-16H2,1H3. The van der Waals surface area contributed by atoms with Crippen LogP contribution in [0.4, 0.5) is 0 Å². The van der Waals surface area contributed by atoms with Gasteiger partial charge in [-0.05, 0) is 30.2 Å². The lowest BCUT2D eigenvalue weighted by molar-refractivity contribution is -0.138. The Morgan fingerprint density at radius 2 is 1.82 bits per heavy atom. The van der Waals surface area contributed by atoms with Crippen LogP contribution in [-0.2, 0) is 22.7 Å². The fourth-order valence-electron chi connectivity index (χ4n) is 3.48. The van der Waals surface area contributed by atoms with E-state index in [2.05, 4.69) is 47.1 Å². The minimum absolute atomic E-state index is 0.0663. The van der Waals surface area contributed by atoms with Crippen molar-refractivity contribution in [3.8, 4) is 0 Å². The Morgan fingerprint density at radius 1 is 1.07 bits per heavy atom. The number of nitrogens with zero attached hydrogens (tertiary/aromatic N) is 3.